The highest BCUT2D eigenvalue weighted by Gasteiger charge is 2.20. The monoisotopic (exact) mass is 278 g/mol. The van der Waals surface area contributed by atoms with Crippen LogP contribution in [0, 0.1) is 6.92 Å². The third-order valence-electron chi connectivity index (χ3n) is 3.62. The molecule has 2 heterocycles. The van der Waals surface area contributed by atoms with Crippen molar-refractivity contribution in [1.82, 2.24) is 4.98 Å². The summed E-state index contributed by atoms with van der Waals surface area (Å²) in [6.45, 7) is 3.50. The standard InChI is InChI=1S/C14H22N4O2/c1-10-6-7-16-14(12(10)13(15)17-19)18(2)9-11-5-3-4-8-20-11/h6-7,11,19H,3-5,8-9H2,1-2H3,(H2,15,17). The fourth-order valence-electron chi connectivity index (χ4n) is 2.54. The highest BCUT2D eigenvalue weighted by Crippen LogP contribution is 2.22. The summed E-state index contributed by atoms with van der Waals surface area (Å²) in [6, 6.07) is 1.85. The number of pyridine rings is 1. The molecule has 20 heavy (non-hydrogen) atoms. The van der Waals surface area contributed by atoms with Gasteiger partial charge in [-0.15, -0.1) is 0 Å². The Bertz CT molecular complexity index is 484. The van der Waals surface area contributed by atoms with Gasteiger partial charge in [0.05, 0.1) is 11.7 Å². The molecule has 2 rings (SSSR count). The summed E-state index contributed by atoms with van der Waals surface area (Å²) in [5.41, 5.74) is 7.38. The van der Waals surface area contributed by atoms with Crippen LogP contribution in [0.15, 0.2) is 17.4 Å². The van der Waals surface area contributed by atoms with Gasteiger partial charge in [0, 0.05) is 26.4 Å². The Balaban J connectivity index is 2.20. The number of oxime groups is 1. The molecule has 110 valence electrons. The van der Waals surface area contributed by atoms with Crippen molar-refractivity contribution in [2.24, 2.45) is 10.9 Å². The van der Waals surface area contributed by atoms with E-state index in [2.05, 4.69) is 10.1 Å². The summed E-state index contributed by atoms with van der Waals surface area (Å²) >= 11 is 0. The predicted octanol–water partition coefficient (Wildman–Crippen LogP) is 1.49. The van der Waals surface area contributed by atoms with Gasteiger partial charge in [0.15, 0.2) is 5.84 Å². The van der Waals surface area contributed by atoms with Crippen molar-refractivity contribution >= 4 is 11.7 Å². The second-order valence-electron chi connectivity index (χ2n) is 5.18. The summed E-state index contributed by atoms with van der Waals surface area (Å²) in [6.07, 6.45) is 5.35. The van der Waals surface area contributed by atoms with Crippen molar-refractivity contribution in [1.29, 1.82) is 0 Å². The molecule has 0 aliphatic carbocycles. The topological polar surface area (TPSA) is 84.0 Å². The Kier molecular flexibility index (Phi) is 4.79. The van der Waals surface area contributed by atoms with Gasteiger partial charge in [-0.05, 0) is 37.8 Å². The summed E-state index contributed by atoms with van der Waals surface area (Å²) in [5.74, 6) is 0.802. The molecule has 3 N–H and O–H groups in total. The van der Waals surface area contributed by atoms with E-state index in [1.54, 1.807) is 6.20 Å². The molecule has 0 radical (unpaired) electrons. The minimum Gasteiger partial charge on any atom is -0.409 e. The zero-order valence-corrected chi connectivity index (χ0v) is 12.0. The number of amidine groups is 1. The first kappa shape index (κ1) is 14.6. The second-order valence-corrected chi connectivity index (χ2v) is 5.18. The van der Waals surface area contributed by atoms with Crippen molar-refractivity contribution < 1.29 is 9.94 Å². The lowest BCUT2D eigenvalue weighted by Gasteiger charge is -2.29. The van der Waals surface area contributed by atoms with Crippen molar-refractivity contribution in [3.05, 3.63) is 23.4 Å². The first-order valence-electron chi connectivity index (χ1n) is 6.89. The Labute approximate surface area is 119 Å². The Hall–Kier alpha value is -1.82. The molecule has 6 heteroatoms. The van der Waals surface area contributed by atoms with E-state index in [-0.39, 0.29) is 11.9 Å². The van der Waals surface area contributed by atoms with Crippen LogP contribution in [0.3, 0.4) is 0 Å². The molecule has 1 saturated heterocycles. The maximum absolute atomic E-state index is 8.93. The number of aromatic nitrogens is 1. The zero-order chi connectivity index (χ0) is 14.5. The third kappa shape index (κ3) is 3.19. The smallest absolute Gasteiger partial charge is 0.174 e. The molecule has 0 saturated carbocycles. The lowest BCUT2D eigenvalue weighted by molar-refractivity contribution is 0.0215. The fraction of sp³-hybridized carbons (Fsp3) is 0.571. The molecule has 6 nitrogen and oxygen atoms in total. The van der Waals surface area contributed by atoms with Crippen LogP contribution < -0.4 is 10.6 Å². The molecule has 1 atom stereocenters. The molecule has 0 spiro atoms. The van der Waals surface area contributed by atoms with Crippen LogP contribution in [0.25, 0.3) is 0 Å². The number of nitrogens with two attached hydrogens (primary N) is 1. The van der Waals surface area contributed by atoms with Gasteiger partial charge in [-0.1, -0.05) is 5.16 Å². The number of hydrogen-bond donors (Lipinski definition) is 2. The van der Waals surface area contributed by atoms with Crippen LogP contribution in [-0.2, 0) is 4.74 Å². The van der Waals surface area contributed by atoms with Gasteiger partial charge in [0.1, 0.15) is 5.82 Å². The first-order valence-corrected chi connectivity index (χ1v) is 6.89. The SMILES string of the molecule is Cc1ccnc(N(C)CC2CCCCO2)c1/C(N)=N/O. The molecule has 1 aliphatic heterocycles. The lowest BCUT2D eigenvalue weighted by Crippen LogP contribution is -2.35. The molecular formula is C14H22N4O2. The number of likely N-dealkylation sites (N-methyl/N-ethyl adjacent to an activating group) is 1. The van der Waals surface area contributed by atoms with E-state index in [9.17, 15) is 0 Å². The molecule has 0 bridgehead atoms. The minimum absolute atomic E-state index is 0.0852. The number of anilines is 1. The van der Waals surface area contributed by atoms with E-state index in [0.717, 1.165) is 37.4 Å². The summed E-state index contributed by atoms with van der Waals surface area (Å²) in [5, 5.41) is 12.0. The average molecular weight is 278 g/mol. The molecule has 1 aromatic heterocycles. The maximum Gasteiger partial charge on any atom is 0.174 e. The van der Waals surface area contributed by atoms with Crippen LogP contribution in [-0.4, -0.2) is 42.3 Å². The quantitative estimate of drug-likeness (QED) is 0.377. The zero-order valence-electron chi connectivity index (χ0n) is 12.0. The van der Waals surface area contributed by atoms with E-state index in [0.29, 0.717) is 5.56 Å². The summed E-state index contributed by atoms with van der Waals surface area (Å²) in [4.78, 5) is 6.38. The molecule has 0 amide bonds. The van der Waals surface area contributed by atoms with Gasteiger partial charge >= 0.3 is 0 Å². The number of ether oxygens (including phenoxy) is 1. The highest BCUT2D eigenvalue weighted by atomic mass is 16.5. The first-order chi connectivity index (χ1) is 9.63. The highest BCUT2D eigenvalue weighted by molar-refractivity contribution is 6.02. The van der Waals surface area contributed by atoms with Gasteiger partial charge < -0.3 is 20.6 Å². The largest absolute Gasteiger partial charge is 0.409 e. The van der Waals surface area contributed by atoms with Gasteiger partial charge in [-0.3, -0.25) is 0 Å². The van der Waals surface area contributed by atoms with E-state index in [1.165, 1.54) is 6.42 Å². The molecule has 0 aromatic carbocycles. The van der Waals surface area contributed by atoms with Crippen LogP contribution >= 0.6 is 0 Å². The van der Waals surface area contributed by atoms with E-state index in [4.69, 9.17) is 15.7 Å². The Morgan fingerprint density at radius 1 is 1.60 bits per heavy atom. The van der Waals surface area contributed by atoms with Crippen molar-refractivity contribution in [2.75, 3.05) is 25.1 Å². The van der Waals surface area contributed by atoms with Gasteiger partial charge in [-0.25, -0.2) is 4.98 Å². The minimum atomic E-state index is 0.0852. The van der Waals surface area contributed by atoms with Crippen molar-refractivity contribution in [3.63, 3.8) is 0 Å². The Morgan fingerprint density at radius 3 is 3.05 bits per heavy atom. The number of hydrogen-bond acceptors (Lipinski definition) is 5. The van der Waals surface area contributed by atoms with Gasteiger partial charge in [0.25, 0.3) is 0 Å². The summed E-state index contributed by atoms with van der Waals surface area (Å²) in [7, 11) is 1.95. The van der Waals surface area contributed by atoms with Crippen LogP contribution in [0.5, 0.6) is 0 Å². The molecular weight excluding hydrogens is 256 g/mol. The molecule has 1 aliphatic rings. The van der Waals surface area contributed by atoms with Crippen molar-refractivity contribution in [2.45, 2.75) is 32.3 Å². The summed E-state index contributed by atoms with van der Waals surface area (Å²) < 4.78 is 5.75. The lowest BCUT2D eigenvalue weighted by atomic mass is 10.1. The molecule has 1 unspecified atom stereocenters. The number of nitrogens with zero attached hydrogens (tertiary/aromatic N) is 3. The van der Waals surface area contributed by atoms with Crippen LogP contribution in [0.2, 0.25) is 0 Å². The van der Waals surface area contributed by atoms with E-state index in [1.807, 2.05) is 24.9 Å². The van der Waals surface area contributed by atoms with Crippen molar-refractivity contribution in [3.8, 4) is 0 Å². The van der Waals surface area contributed by atoms with Gasteiger partial charge in [-0.2, -0.15) is 0 Å². The number of aryl methyl sites for hydroxylation is 1. The average Bonchev–Trinajstić information content (AvgIpc) is 2.47. The van der Waals surface area contributed by atoms with E-state index >= 15 is 0 Å². The van der Waals surface area contributed by atoms with Gasteiger partial charge in [0.2, 0.25) is 0 Å². The molecule has 1 fully saturated rings. The van der Waals surface area contributed by atoms with E-state index < -0.39 is 0 Å². The normalized spacial score (nSPS) is 19.9. The van der Waals surface area contributed by atoms with Crippen LogP contribution in [0.1, 0.15) is 30.4 Å². The maximum atomic E-state index is 8.93. The Morgan fingerprint density at radius 2 is 2.40 bits per heavy atom. The third-order valence-corrected chi connectivity index (χ3v) is 3.62. The molecule has 1 aromatic rings. The predicted molar refractivity (Wildman–Crippen MR) is 78.3 cm³/mol. The second kappa shape index (κ2) is 6.56. The number of rotatable bonds is 4. The van der Waals surface area contributed by atoms with Crippen LogP contribution in [0.4, 0.5) is 5.82 Å². The fourth-order valence-corrected chi connectivity index (χ4v) is 2.54.